The zero-order valence-electron chi connectivity index (χ0n) is 19.1. The number of hydrogen-bond acceptors (Lipinski definition) is 8. The van der Waals surface area contributed by atoms with E-state index in [-0.39, 0.29) is 0 Å². The van der Waals surface area contributed by atoms with Crippen LogP contribution in [0.3, 0.4) is 0 Å². The standard InChI is InChI=1S/C25H24BN5O4/c1-34-13-14-35-22-12-5-9-18-23(22)29-25(30-24(18)27-15-17-7-3-2-4-8-17)31-21-11-6-10-20(26(32)33)19(21)16-28-31/h2-12,16,32-33H,13-15H2,1H3,(H,27,29,30). The fraction of sp³-hybridized carbons (Fsp3) is 0.160. The minimum absolute atomic E-state index is 0.329. The lowest BCUT2D eigenvalue weighted by atomic mass is 9.78. The predicted octanol–water partition coefficient (Wildman–Crippen LogP) is 2.29. The number of benzene rings is 3. The fourth-order valence-electron chi connectivity index (χ4n) is 3.93. The molecule has 0 radical (unpaired) electrons. The molecule has 0 aliphatic rings. The van der Waals surface area contributed by atoms with Gasteiger partial charge in [-0.05, 0) is 29.2 Å². The van der Waals surface area contributed by atoms with Crippen molar-refractivity contribution in [3.63, 3.8) is 0 Å². The average Bonchev–Trinajstić information content (AvgIpc) is 3.32. The number of aromatic nitrogens is 4. The van der Waals surface area contributed by atoms with Crippen LogP contribution in [-0.2, 0) is 11.3 Å². The van der Waals surface area contributed by atoms with E-state index in [0.29, 0.717) is 59.2 Å². The summed E-state index contributed by atoms with van der Waals surface area (Å²) < 4.78 is 12.7. The van der Waals surface area contributed by atoms with Crippen LogP contribution in [0, 0.1) is 0 Å². The van der Waals surface area contributed by atoms with Crippen LogP contribution in [0.25, 0.3) is 27.8 Å². The van der Waals surface area contributed by atoms with Crippen LogP contribution in [0.15, 0.2) is 72.9 Å². The van der Waals surface area contributed by atoms with Gasteiger partial charge in [-0.2, -0.15) is 14.8 Å². The molecule has 10 heteroatoms. The Morgan fingerprint density at radius 1 is 0.914 bits per heavy atom. The number of nitrogens with zero attached hydrogens (tertiary/aromatic N) is 4. The second kappa shape index (κ2) is 10.1. The molecule has 35 heavy (non-hydrogen) atoms. The third kappa shape index (κ3) is 4.67. The quantitative estimate of drug-likeness (QED) is 0.223. The van der Waals surface area contributed by atoms with Crippen molar-refractivity contribution in [2.24, 2.45) is 0 Å². The van der Waals surface area contributed by atoms with Crippen molar-refractivity contribution < 1.29 is 19.5 Å². The van der Waals surface area contributed by atoms with E-state index in [0.717, 1.165) is 10.9 Å². The molecule has 0 saturated heterocycles. The van der Waals surface area contributed by atoms with Crippen LogP contribution in [0.5, 0.6) is 5.75 Å². The monoisotopic (exact) mass is 469 g/mol. The van der Waals surface area contributed by atoms with Gasteiger partial charge >= 0.3 is 7.12 Å². The SMILES string of the molecule is COCCOc1cccc2c(NCc3ccccc3)nc(-n3ncc4c(B(O)O)cccc43)nc12. The number of nitrogens with one attached hydrogen (secondary N) is 1. The summed E-state index contributed by atoms with van der Waals surface area (Å²) in [4.78, 5) is 9.59. The molecular weight excluding hydrogens is 445 g/mol. The van der Waals surface area contributed by atoms with Crippen LogP contribution in [0.4, 0.5) is 5.82 Å². The van der Waals surface area contributed by atoms with E-state index in [4.69, 9.17) is 19.4 Å². The molecule has 0 saturated carbocycles. The minimum atomic E-state index is -1.61. The Morgan fingerprint density at radius 3 is 2.54 bits per heavy atom. The molecule has 5 rings (SSSR count). The maximum atomic E-state index is 9.75. The molecule has 2 heterocycles. The number of ether oxygens (including phenoxy) is 2. The molecule has 9 nitrogen and oxygen atoms in total. The summed E-state index contributed by atoms with van der Waals surface area (Å²) in [6, 6.07) is 21.0. The van der Waals surface area contributed by atoms with E-state index in [2.05, 4.69) is 10.4 Å². The van der Waals surface area contributed by atoms with Crippen molar-refractivity contribution in [1.29, 1.82) is 0 Å². The maximum absolute atomic E-state index is 9.75. The molecule has 0 atom stereocenters. The summed E-state index contributed by atoms with van der Waals surface area (Å²) in [5.74, 6) is 1.57. The summed E-state index contributed by atoms with van der Waals surface area (Å²) in [6.45, 7) is 1.40. The third-order valence-corrected chi connectivity index (χ3v) is 5.64. The summed E-state index contributed by atoms with van der Waals surface area (Å²) >= 11 is 0. The Morgan fingerprint density at radius 2 is 1.74 bits per heavy atom. The van der Waals surface area contributed by atoms with Crippen molar-refractivity contribution in [3.8, 4) is 11.7 Å². The van der Waals surface area contributed by atoms with Gasteiger partial charge in [-0.15, -0.1) is 0 Å². The van der Waals surface area contributed by atoms with Crippen molar-refractivity contribution in [2.75, 3.05) is 25.6 Å². The van der Waals surface area contributed by atoms with Gasteiger partial charge in [0.15, 0.2) is 0 Å². The van der Waals surface area contributed by atoms with E-state index in [1.807, 2.05) is 54.6 Å². The molecule has 0 fully saturated rings. The molecule has 0 unspecified atom stereocenters. The number of anilines is 1. The first-order valence-corrected chi connectivity index (χ1v) is 11.2. The molecule has 3 N–H and O–H groups in total. The third-order valence-electron chi connectivity index (χ3n) is 5.64. The van der Waals surface area contributed by atoms with Crippen molar-refractivity contribution >= 4 is 40.2 Å². The second-order valence-corrected chi connectivity index (χ2v) is 7.92. The lowest BCUT2D eigenvalue weighted by Crippen LogP contribution is -2.30. The molecule has 0 aliphatic heterocycles. The highest BCUT2D eigenvalue weighted by Crippen LogP contribution is 2.30. The topological polar surface area (TPSA) is 115 Å². The molecule has 3 aromatic carbocycles. The van der Waals surface area contributed by atoms with Gasteiger partial charge in [0.05, 0.1) is 18.3 Å². The molecule has 176 valence electrons. The van der Waals surface area contributed by atoms with Crippen molar-refractivity contribution in [1.82, 2.24) is 19.7 Å². The highest BCUT2D eigenvalue weighted by Gasteiger charge is 2.19. The van der Waals surface area contributed by atoms with Gasteiger partial charge in [0, 0.05) is 24.4 Å². The normalized spacial score (nSPS) is 11.2. The first kappa shape index (κ1) is 22.8. The first-order chi connectivity index (χ1) is 17.2. The van der Waals surface area contributed by atoms with Crippen LogP contribution >= 0.6 is 0 Å². The molecule has 2 aromatic heterocycles. The highest BCUT2D eigenvalue weighted by atomic mass is 16.5. The Bertz CT molecular complexity index is 1460. The van der Waals surface area contributed by atoms with E-state index >= 15 is 0 Å². The Hall–Kier alpha value is -3.99. The van der Waals surface area contributed by atoms with E-state index in [1.54, 1.807) is 30.1 Å². The highest BCUT2D eigenvalue weighted by molar-refractivity contribution is 6.61. The number of rotatable bonds is 9. The average molecular weight is 469 g/mol. The van der Waals surface area contributed by atoms with Crippen LogP contribution in [-0.4, -0.2) is 57.2 Å². The van der Waals surface area contributed by atoms with E-state index < -0.39 is 7.12 Å². The Balaban J connectivity index is 1.64. The number of methoxy groups -OCH3 is 1. The number of para-hydroxylation sites is 1. The lowest BCUT2D eigenvalue weighted by molar-refractivity contribution is 0.147. The van der Waals surface area contributed by atoms with Crippen molar-refractivity contribution in [3.05, 3.63) is 78.5 Å². The molecule has 0 amide bonds. The summed E-state index contributed by atoms with van der Waals surface area (Å²) in [6.07, 6.45) is 1.58. The zero-order chi connectivity index (χ0) is 24.2. The van der Waals surface area contributed by atoms with Gasteiger partial charge in [0.2, 0.25) is 0 Å². The van der Waals surface area contributed by atoms with Gasteiger partial charge in [-0.25, -0.2) is 4.98 Å². The Labute approximate surface area is 202 Å². The molecule has 0 bridgehead atoms. The van der Waals surface area contributed by atoms with Gasteiger partial charge < -0.3 is 24.8 Å². The number of hydrogen-bond donors (Lipinski definition) is 3. The van der Waals surface area contributed by atoms with Crippen LogP contribution < -0.4 is 15.5 Å². The van der Waals surface area contributed by atoms with Gasteiger partial charge in [-0.1, -0.05) is 48.5 Å². The molecule has 0 spiro atoms. The van der Waals surface area contributed by atoms with Crippen LogP contribution in [0.1, 0.15) is 5.56 Å². The largest absolute Gasteiger partial charge is 0.489 e. The van der Waals surface area contributed by atoms with E-state index in [9.17, 15) is 10.0 Å². The minimum Gasteiger partial charge on any atom is -0.489 e. The molecule has 0 aliphatic carbocycles. The smallest absolute Gasteiger partial charge is 0.489 e. The van der Waals surface area contributed by atoms with E-state index in [1.165, 1.54) is 0 Å². The van der Waals surface area contributed by atoms with Crippen molar-refractivity contribution in [2.45, 2.75) is 6.54 Å². The Kier molecular flexibility index (Phi) is 6.58. The number of fused-ring (bicyclic) bond motifs is 2. The maximum Gasteiger partial charge on any atom is 0.489 e. The summed E-state index contributed by atoms with van der Waals surface area (Å²) in [7, 11) is 0.0106. The summed E-state index contributed by atoms with van der Waals surface area (Å²) in [5, 5.41) is 28.8. The van der Waals surface area contributed by atoms with Gasteiger partial charge in [0.25, 0.3) is 5.95 Å². The second-order valence-electron chi connectivity index (χ2n) is 7.92. The van der Waals surface area contributed by atoms with Gasteiger partial charge in [-0.3, -0.25) is 0 Å². The van der Waals surface area contributed by atoms with Gasteiger partial charge in [0.1, 0.15) is 23.7 Å². The molecule has 5 aromatic rings. The summed E-state index contributed by atoms with van der Waals surface area (Å²) in [5.41, 5.74) is 2.76. The predicted molar refractivity (Wildman–Crippen MR) is 135 cm³/mol. The zero-order valence-corrected chi connectivity index (χ0v) is 19.1. The lowest BCUT2D eigenvalue weighted by Gasteiger charge is -2.14. The molecular formula is C25H24BN5O4. The fourth-order valence-corrected chi connectivity index (χ4v) is 3.93. The first-order valence-electron chi connectivity index (χ1n) is 11.2. The van der Waals surface area contributed by atoms with Crippen LogP contribution in [0.2, 0.25) is 0 Å².